The van der Waals surface area contributed by atoms with Crippen LogP contribution in [-0.2, 0) is 16.1 Å². The normalized spacial score (nSPS) is 14.3. The summed E-state index contributed by atoms with van der Waals surface area (Å²) in [7, 11) is 0. The Morgan fingerprint density at radius 1 is 1.23 bits per heavy atom. The first-order valence-corrected chi connectivity index (χ1v) is 7.12. The Morgan fingerprint density at radius 2 is 1.95 bits per heavy atom. The van der Waals surface area contributed by atoms with Gasteiger partial charge in [-0.2, -0.15) is 0 Å². The largest absolute Gasteiger partial charge is 0.481 e. The van der Waals surface area contributed by atoms with E-state index in [2.05, 4.69) is 5.32 Å². The molecule has 1 fully saturated rings. The number of urea groups is 1. The molecule has 1 heterocycles. The number of carboxylic acids is 1. The zero-order valence-corrected chi connectivity index (χ0v) is 12.2. The highest BCUT2D eigenvalue weighted by atomic mass is 16.4. The van der Waals surface area contributed by atoms with Crippen LogP contribution in [0.25, 0.3) is 0 Å². The Morgan fingerprint density at radius 3 is 2.64 bits per heavy atom. The molecular formula is C15H19N3O4. The van der Waals surface area contributed by atoms with Gasteiger partial charge >= 0.3 is 12.0 Å². The van der Waals surface area contributed by atoms with Gasteiger partial charge in [-0.25, -0.2) is 4.79 Å². The summed E-state index contributed by atoms with van der Waals surface area (Å²) in [4.78, 5) is 37.3. The fourth-order valence-corrected chi connectivity index (χ4v) is 2.22. The van der Waals surface area contributed by atoms with E-state index in [1.165, 1.54) is 4.90 Å². The van der Waals surface area contributed by atoms with Crippen LogP contribution in [-0.4, -0.2) is 52.6 Å². The second-order valence-corrected chi connectivity index (χ2v) is 5.15. The Kier molecular flexibility index (Phi) is 5.35. The first-order chi connectivity index (χ1) is 10.6. The average Bonchev–Trinajstić information content (AvgIpc) is 2.85. The highest BCUT2D eigenvalue weighted by Crippen LogP contribution is 2.12. The highest BCUT2D eigenvalue weighted by molar-refractivity contribution is 5.87. The number of nitrogens with zero attached hydrogens (tertiary/aromatic N) is 2. The minimum Gasteiger partial charge on any atom is -0.481 e. The lowest BCUT2D eigenvalue weighted by molar-refractivity contribution is -0.137. The summed E-state index contributed by atoms with van der Waals surface area (Å²) in [6.07, 6.45) is 0.385. The first kappa shape index (κ1) is 15.8. The van der Waals surface area contributed by atoms with Gasteiger partial charge in [0.1, 0.15) is 6.54 Å². The Balaban J connectivity index is 1.78. The molecule has 0 unspecified atom stereocenters. The van der Waals surface area contributed by atoms with Gasteiger partial charge in [0.15, 0.2) is 0 Å². The molecule has 7 nitrogen and oxygen atoms in total. The van der Waals surface area contributed by atoms with Crippen molar-refractivity contribution in [2.75, 3.05) is 19.8 Å². The Bertz CT molecular complexity index is 547. The van der Waals surface area contributed by atoms with Crippen molar-refractivity contribution in [3.63, 3.8) is 0 Å². The third-order valence-electron chi connectivity index (χ3n) is 3.37. The molecule has 118 valence electrons. The SMILES string of the molecule is O=C(O)CCCNC(=O)N1CC(=O)N(Cc2ccccc2)C1. The van der Waals surface area contributed by atoms with E-state index < -0.39 is 5.97 Å². The van der Waals surface area contributed by atoms with Gasteiger partial charge in [-0.3, -0.25) is 14.5 Å². The zero-order valence-electron chi connectivity index (χ0n) is 12.2. The van der Waals surface area contributed by atoms with E-state index in [1.54, 1.807) is 4.90 Å². The molecule has 0 radical (unpaired) electrons. The molecule has 0 saturated carbocycles. The van der Waals surface area contributed by atoms with Crippen molar-refractivity contribution in [3.05, 3.63) is 35.9 Å². The van der Waals surface area contributed by atoms with Gasteiger partial charge in [0, 0.05) is 19.5 Å². The molecule has 0 bridgehead atoms. The maximum atomic E-state index is 11.9. The van der Waals surface area contributed by atoms with Crippen LogP contribution in [0.1, 0.15) is 18.4 Å². The molecule has 0 aliphatic carbocycles. The summed E-state index contributed by atoms with van der Waals surface area (Å²) in [6, 6.07) is 9.25. The molecule has 0 aromatic heterocycles. The molecule has 1 aromatic rings. The lowest BCUT2D eigenvalue weighted by atomic mass is 10.2. The molecule has 1 aliphatic heterocycles. The van der Waals surface area contributed by atoms with Crippen LogP contribution in [0, 0.1) is 0 Å². The molecule has 0 atom stereocenters. The quantitative estimate of drug-likeness (QED) is 0.763. The van der Waals surface area contributed by atoms with E-state index in [1.807, 2.05) is 30.3 Å². The monoisotopic (exact) mass is 305 g/mol. The maximum absolute atomic E-state index is 11.9. The van der Waals surface area contributed by atoms with E-state index in [9.17, 15) is 14.4 Å². The van der Waals surface area contributed by atoms with Crippen LogP contribution in [0.2, 0.25) is 0 Å². The van der Waals surface area contributed by atoms with Crippen LogP contribution >= 0.6 is 0 Å². The second kappa shape index (κ2) is 7.44. The number of rotatable bonds is 6. The fraction of sp³-hybridized carbons (Fsp3) is 0.400. The van der Waals surface area contributed by atoms with Crippen LogP contribution in [0.3, 0.4) is 0 Å². The predicted octanol–water partition coefficient (Wildman–Crippen LogP) is 0.863. The first-order valence-electron chi connectivity index (χ1n) is 7.12. The lowest BCUT2D eigenvalue weighted by Gasteiger charge is -2.18. The van der Waals surface area contributed by atoms with Gasteiger partial charge in [-0.1, -0.05) is 30.3 Å². The third kappa shape index (κ3) is 4.47. The number of carboxylic acid groups (broad SMARTS) is 1. The minimum absolute atomic E-state index is 0.0132. The molecule has 1 aliphatic rings. The van der Waals surface area contributed by atoms with Gasteiger partial charge < -0.3 is 15.3 Å². The van der Waals surface area contributed by atoms with Crippen molar-refractivity contribution >= 4 is 17.9 Å². The summed E-state index contributed by atoms with van der Waals surface area (Å²) in [6.45, 7) is 1.06. The van der Waals surface area contributed by atoms with Gasteiger partial charge in [0.05, 0.1) is 6.67 Å². The predicted molar refractivity (Wildman–Crippen MR) is 78.8 cm³/mol. The van der Waals surface area contributed by atoms with Crippen molar-refractivity contribution in [1.29, 1.82) is 0 Å². The smallest absolute Gasteiger partial charge is 0.319 e. The number of hydrogen-bond acceptors (Lipinski definition) is 3. The number of hydrogen-bond donors (Lipinski definition) is 2. The molecule has 2 rings (SSSR count). The van der Waals surface area contributed by atoms with E-state index in [-0.39, 0.29) is 38.1 Å². The maximum Gasteiger partial charge on any atom is 0.319 e. The Labute approximate surface area is 128 Å². The second-order valence-electron chi connectivity index (χ2n) is 5.15. The van der Waals surface area contributed by atoms with Crippen LogP contribution < -0.4 is 5.32 Å². The minimum atomic E-state index is -0.889. The molecule has 3 amide bonds. The zero-order chi connectivity index (χ0) is 15.9. The van der Waals surface area contributed by atoms with Gasteiger partial charge in [-0.15, -0.1) is 0 Å². The number of amides is 3. The van der Waals surface area contributed by atoms with E-state index in [0.717, 1.165) is 5.56 Å². The molecule has 0 spiro atoms. The third-order valence-corrected chi connectivity index (χ3v) is 3.37. The van der Waals surface area contributed by atoms with Crippen molar-refractivity contribution in [2.24, 2.45) is 0 Å². The number of nitrogens with one attached hydrogen (secondary N) is 1. The van der Waals surface area contributed by atoms with E-state index >= 15 is 0 Å². The summed E-state index contributed by atoms with van der Waals surface area (Å²) in [5.41, 5.74) is 1.01. The summed E-state index contributed by atoms with van der Waals surface area (Å²) in [5, 5.41) is 11.2. The molecule has 2 N–H and O–H groups in total. The average molecular weight is 305 g/mol. The number of aliphatic carboxylic acids is 1. The van der Waals surface area contributed by atoms with Gasteiger partial charge in [0.2, 0.25) is 5.91 Å². The Hall–Kier alpha value is -2.57. The summed E-state index contributed by atoms with van der Waals surface area (Å²) < 4.78 is 0. The van der Waals surface area contributed by atoms with Crippen LogP contribution in [0.4, 0.5) is 4.79 Å². The summed E-state index contributed by atoms with van der Waals surface area (Å²) >= 11 is 0. The highest BCUT2D eigenvalue weighted by Gasteiger charge is 2.30. The van der Waals surface area contributed by atoms with Gasteiger partial charge in [0.25, 0.3) is 0 Å². The molecule has 22 heavy (non-hydrogen) atoms. The fourth-order valence-electron chi connectivity index (χ4n) is 2.22. The van der Waals surface area contributed by atoms with Crippen molar-refractivity contribution < 1.29 is 19.5 Å². The number of carbonyl (C=O) groups is 3. The standard InChI is InChI=1S/C15H19N3O4/c19-13-10-18(15(22)16-8-4-7-14(20)21)11-17(13)9-12-5-2-1-3-6-12/h1-3,5-6H,4,7-11H2,(H,16,22)(H,20,21). The van der Waals surface area contributed by atoms with Crippen molar-refractivity contribution in [3.8, 4) is 0 Å². The molecule has 7 heteroatoms. The summed E-state index contributed by atoms with van der Waals surface area (Å²) in [5.74, 6) is -0.982. The number of benzene rings is 1. The molecule has 1 saturated heterocycles. The van der Waals surface area contributed by atoms with E-state index in [4.69, 9.17) is 5.11 Å². The van der Waals surface area contributed by atoms with Crippen LogP contribution in [0.5, 0.6) is 0 Å². The molecule has 1 aromatic carbocycles. The van der Waals surface area contributed by atoms with Gasteiger partial charge in [-0.05, 0) is 12.0 Å². The van der Waals surface area contributed by atoms with Crippen molar-refractivity contribution in [1.82, 2.24) is 15.1 Å². The van der Waals surface area contributed by atoms with E-state index in [0.29, 0.717) is 13.0 Å². The van der Waals surface area contributed by atoms with Crippen molar-refractivity contribution in [2.45, 2.75) is 19.4 Å². The number of carbonyl (C=O) groups excluding carboxylic acids is 2. The molecular weight excluding hydrogens is 286 g/mol. The topological polar surface area (TPSA) is 90.0 Å². The lowest BCUT2D eigenvalue weighted by Crippen LogP contribution is -2.40. The van der Waals surface area contributed by atoms with Crippen LogP contribution in [0.15, 0.2) is 30.3 Å².